The second-order valence-corrected chi connectivity index (χ2v) is 5.58. The van der Waals surface area contributed by atoms with E-state index < -0.39 is 0 Å². The van der Waals surface area contributed by atoms with Crippen molar-refractivity contribution in [2.75, 3.05) is 27.3 Å². The summed E-state index contributed by atoms with van der Waals surface area (Å²) in [6.45, 7) is 6.12. The summed E-state index contributed by atoms with van der Waals surface area (Å²) in [7, 11) is 3.98. The summed E-state index contributed by atoms with van der Waals surface area (Å²) in [5.74, 6) is 0. The topological polar surface area (TPSA) is 17.4 Å². The molecule has 0 atom stereocenters. The van der Waals surface area contributed by atoms with Crippen molar-refractivity contribution in [2.24, 2.45) is 0 Å². The van der Waals surface area contributed by atoms with Crippen LogP contribution in [0.2, 0.25) is 0 Å². The molecule has 19 heavy (non-hydrogen) atoms. The maximum Gasteiger partial charge on any atom is 0.0642 e. The summed E-state index contributed by atoms with van der Waals surface area (Å²) in [4.78, 5) is 2.41. The van der Waals surface area contributed by atoms with Gasteiger partial charge in [-0.05, 0) is 31.7 Å². The second kappa shape index (κ2) is 4.99. The molecule has 3 rings (SSSR count). The molecule has 0 bridgehead atoms. The van der Waals surface area contributed by atoms with Crippen LogP contribution in [0.5, 0.6) is 0 Å². The molecule has 1 aliphatic heterocycles. The van der Waals surface area contributed by atoms with E-state index in [2.05, 4.69) is 41.6 Å². The van der Waals surface area contributed by atoms with Crippen molar-refractivity contribution in [3.8, 4) is 0 Å². The van der Waals surface area contributed by atoms with Crippen molar-refractivity contribution >= 4 is 10.9 Å². The Morgan fingerprint density at radius 2 is 2.16 bits per heavy atom. The van der Waals surface area contributed by atoms with Crippen LogP contribution >= 0.6 is 0 Å². The zero-order valence-corrected chi connectivity index (χ0v) is 12.1. The van der Waals surface area contributed by atoms with Gasteiger partial charge in [-0.15, -0.1) is 0 Å². The molecule has 2 aromatic rings. The molecule has 0 radical (unpaired) electrons. The van der Waals surface area contributed by atoms with Gasteiger partial charge in [-0.25, -0.2) is 0 Å². The van der Waals surface area contributed by atoms with E-state index in [1.165, 1.54) is 27.7 Å². The lowest BCUT2D eigenvalue weighted by molar-refractivity contribution is 0.186. The van der Waals surface area contributed by atoms with E-state index in [0.717, 1.165) is 32.7 Å². The van der Waals surface area contributed by atoms with Gasteiger partial charge in [-0.2, -0.15) is 0 Å². The molecule has 0 amide bonds. The SMILES string of the molecule is COCCn1c2c(c3cc(C)ccc31)CN(C)CC2. The summed E-state index contributed by atoms with van der Waals surface area (Å²) < 4.78 is 7.73. The standard InChI is InChI=1S/C16H22N2O/c1-12-4-5-15-13(10-12)14-11-17(2)7-6-16(14)18(15)8-9-19-3/h4-5,10H,6-9,11H2,1-3H3. The van der Waals surface area contributed by atoms with Gasteiger partial charge in [-0.1, -0.05) is 11.6 Å². The lowest BCUT2D eigenvalue weighted by Gasteiger charge is -2.24. The van der Waals surface area contributed by atoms with E-state index in [1.54, 1.807) is 7.11 Å². The van der Waals surface area contributed by atoms with Crippen LogP contribution in [0.4, 0.5) is 0 Å². The highest BCUT2D eigenvalue weighted by atomic mass is 16.5. The number of nitrogens with zero attached hydrogens (tertiary/aromatic N) is 2. The molecule has 2 heterocycles. The Bertz CT molecular complexity index is 600. The quantitative estimate of drug-likeness (QED) is 0.842. The van der Waals surface area contributed by atoms with Crippen molar-refractivity contribution in [3.63, 3.8) is 0 Å². The third-order valence-electron chi connectivity index (χ3n) is 4.12. The first kappa shape index (κ1) is 12.7. The average molecular weight is 258 g/mol. The molecular formula is C16H22N2O. The minimum absolute atomic E-state index is 0.778. The van der Waals surface area contributed by atoms with Crippen molar-refractivity contribution < 1.29 is 4.74 Å². The fourth-order valence-electron chi connectivity index (χ4n) is 3.14. The lowest BCUT2D eigenvalue weighted by Crippen LogP contribution is -2.27. The molecule has 3 heteroatoms. The van der Waals surface area contributed by atoms with Gasteiger partial charge in [0.05, 0.1) is 6.61 Å². The molecule has 0 aliphatic carbocycles. The first-order valence-electron chi connectivity index (χ1n) is 6.99. The second-order valence-electron chi connectivity index (χ2n) is 5.58. The number of methoxy groups -OCH3 is 1. The maximum atomic E-state index is 5.27. The van der Waals surface area contributed by atoms with Crippen molar-refractivity contribution in [2.45, 2.75) is 26.4 Å². The first-order valence-corrected chi connectivity index (χ1v) is 6.99. The Kier molecular flexibility index (Phi) is 3.33. The zero-order chi connectivity index (χ0) is 13.4. The molecule has 0 unspecified atom stereocenters. The summed E-state index contributed by atoms with van der Waals surface area (Å²) in [6, 6.07) is 6.80. The van der Waals surface area contributed by atoms with Crippen LogP contribution in [-0.4, -0.2) is 36.8 Å². The summed E-state index contributed by atoms with van der Waals surface area (Å²) in [5.41, 5.74) is 5.73. The molecule has 1 aliphatic rings. The molecule has 0 spiro atoms. The van der Waals surface area contributed by atoms with Crippen molar-refractivity contribution in [3.05, 3.63) is 35.0 Å². The number of likely N-dealkylation sites (N-methyl/N-ethyl adjacent to an activating group) is 1. The molecule has 0 saturated heterocycles. The van der Waals surface area contributed by atoms with Crippen LogP contribution in [-0.2, 0) is 24.2 Å². The Hall–Kier alpha value is -1.32. The van der Waals surface area contributed by atoms with E-state index in [4.69, 9.17) is 4.74 Å². The van der Waals surface area contributed by atoms with Crippen LogP contribution in [0.15, 0.2) is 18.2 Å². The van der Waals surface area contributed by atoms with Crippen LogP contribution < -0.4 is 0 Å². The van der Waals surface area contributed by atoms with Gasteiger partial charge >= 0.3 is 0 Å². The molecule has 0 saturated carbocycles. The summed E-state index contributed by atoms with van der Waals surface area (Å²) in [5, 5.41) is 1.43. The third-order valence-corrected chi connectivity index (χ3v) is 4.12. The summed E-state index contributed by atoms with van der Waals surface area (Å²) in [6.07, 6.45) is 1.14. The number of aryl methyl sites for hydroxylation is 1. The number of hydrogen-bond acceptors (Lipinski definition) is 2. The highest BCUT2D eigenvalue weighted by molar-refractivity contribution is 5.86. The largest absolute Gasteiger partial charge is 0.383 e. The van der Waals surface area contributed by atoms with Crippen LogP contribution in [0, 0.1) is 6.92 Å². The van der Waals surface area contributed by atoms with Gasteiger partial charge in [0.2, 0.25) is 0 Å². The molecule has 102 valence electrons. The van der Waals surface area contributed by atoms with E-state index >= 15 is 0 Å². The summed E-state index contributed by atoms with van der Waals surface area (Å²) >= 11 is 0. The number of benzene rings is 1. The fraction of sp³-hybridized carbons (Fsp3) is 0.500. The number of hydrogen-bond donors (Lipinski definition) is 0. The predicted octanol–water partition coefficient (Wildman–Crippen LogP) is 2.58. The molecule has 1 aromatic heterocycles. The Balaban J connectivity index is 2.18. The number of ether oxygens (including phenoxy) is 1. The molecule has 3 nitrogen and oxygen atoms in total. The van der Waals surface area contributed by atoms with E-state index in [9.17, 15) is 0 Å². The smallest absolute Gasteiger partial charge is 0.0642 e. The number of aromatic nitrogens is 1. The molecular weight excluding hydrogens is 236 g/mol. The van der Waals surface area contributed by atoms with E-state index in [1.807, 2.05) is 0 Å². The van der Waals surface area contributed by atoms with Crippen LogP contribution in [0.25, 0.3) is 10.9 Å². The minimum Gasteiger partial charge on any atom is -0.383 e. The highest BCUT2D eigenvalue weighted by Crippen LogP contribution is 2.31. The van der Waals surface area contributed by atoms with Crippen LogP contribution in [0.1, 0.15) is 16.8 Å². The molecule has 1 aromatic carbocycles. The third kappa shape index (κ3) is 2.17. The number of fused-ring (bicyclic) bond motifs is 3. The van der Waals surface area contributed by atoms with Gasteiger partial charge in [0.15, 0.2) is 0 Å². The van der Waals surface area contributed by atoms with Gasteiger partial charge < -0.3 is 14.2 Å². The average Bonchev–Trinajstić information content (AvgIpc) is 2.69. The van der Waals surface area contributed by atoms with Crippen LogP contribution in [0.3, 0.4) is 0 Å². The van der Waals surface area contributed by atoms with E-state index in [-0.39, 0.29) is 0 Å². The number of rotatable bonds is 3. The monoisotopic (exact) mass is 258 g/mol. The van der Waals surface area contributed by atoms with Gasteiger partial charge in [0, 0.05) is 49.8 Å². The van der Waals surface area contributed by atoms with Crippen molar-refractivity contribution in [1.29, 1.82) is 0 Å². The molecule has 0 N–H and O–H groups in total. The first-order chi connectivity index (χ1) is 9.20. The van der Waals surface area contributed by atoms with E-state index in [0.29, 0.717) is 0 Å². The molecule has 0 fully saturated rings. The van der Waals surface area contributed by atoms with Gasteiger partial charge in [-0.3, -0.25) is 0 Å². The van der Waals surface area contributed by atoms with Gasteiger partial charge in [0.1, 0.15) is 0 Å². The normalized spacial score (nSPS) is 15.9. The Labute approximate surface area is 114 Å². The highest BCUT2D eigenvalue weighted by Gasteiger charge is 2.21. The predicted molar refractivity (Wildman–Crippen MR) is 78.6 cm³/mol. The lowest BCUT2D eigenvalue weighted by atomic mass is 10.0. The Morgan fingerprint density at radius 3 is 2.95 bits per heavy atom. The van der Waals surface area contributed by atoms with Crippen molar-refractivity contribution in [1.82, 2.24) is 9.47 Å². The Morgan fingerprint density at radius 1 is 1.32 bits per heavy atom. The zero-order valence-electron chi connectivity index (χ0n) is 12.1. The fourth-order valence-corrected chi connectivity index (χ4v) is 3.14. The minimum atomic E-state index is 0.778. The maximum absolute atomic E-state index is 5.27. The van der Waals surface area contributed by atoms with Gasteiger partial charge in [0.25, 0.3) is 0 Å².